The molecule has 0 atom stereocenters. The van der Waals surface area contributed by atoms with E-state index in [1.54, 1.807) is 31.2 Å². The maximum Gasteiger partial charge on any atom is 0.305 e. The normalized spacial score (nSPS) is 10.4. The molecule has 0 aliphatic rings. The van der Waals surface area contributed by atoms with Gasteiger partial charge in [-0.1, -0.05) is 18.2 Å². The maximum absolute atomic E-state index is 12.5. The van der Waals surface area contributed by atoms with Crippen molar-refractivity contribution in [2.24, 2.45) is 5.73 Å². The number of para-hydroxylation sites is 1. The summed E-state index contributed by atoms with van der Waals surface area (Å²) in [6.07, 6.45) is -0.165. The predicted octanol–water partition coefficient (Wildman–Crippen LogP) is 0.908. The van der Waals surface area contributed by atoms with Crippen LogP contribution in [0.1, 0.15) is 34.3 Å². The zero-order chi connectivity index (χ0) is 17.7. The third kappa shape index (κ3) is 3.78. The molecule has 0 saturated heterocycles. The molecule has 0 saturated carbocycles. The Hall–Kier alpha value is -3.16. The zero-order valence-electron chi connectivity index (χ0n) is 13.2. The topological polar surface area (TPSA) is 119 Å². The molecule has 2 amide bonds. The van der Waals surface area contributed by atoms with E-state index < -0.39 is 17.8 Å². The van der Waals surface area contributed by atoms with Crippen molar-refractivity contribution in [1.29, 1.82) is 0 Å². The first-order chi connectivity index (χ1) is 11.4. The summed E-state index contributed by atoms with van der Waals surface area (Å²) < 4.78 is 1.31. The van der Waals surface area contributed by atoms with Gasteiger partial charge in [-0.15, -0.1) is 0 Å². The van der Waals surface area contributed by atoms with Gasteiger partial charge in [0.2, 0.25) is 0 Å². The number of benzene rings is 1. The molecule has 2 rings (SSSR count). The Balaban J connectivity index is 2.35. The molecule has 0 fully saturated rings. The number of carboxylic acid groups (broad SMARTS) is 1. The Kier molecular flexibility index (Phi) is 5.31. The van der Waals surface area contributed by atoms with Crippen molar-refractivity contribution in [2.75, 3.05) is 13.1 Å². The minimum absolute atomic E-state index is 0.0416. The van der Waals surface area contributed by atoms with Crippen LogP contribution in [0.25, 0.3) is 5.69 Å². The van der Waals surface area contributed by atoms with E-state index in [4.69, 9.17) is 10.8 Å². The summed E-state index contributed by atoms with van der Waals surface area (Å²) in [5.74, 6) is -2.15. The first kappa shape index (κ1) is 17.2. The van der Waals surface area contributed by atoms with E-state index in [2.05, 4.69) is 5.10 Å². The monoisotopic (exact) mass is 330 g/mol. The number of aromatic nitrogens is 2. The largest absolute Gasteiger partial charge is 0.481 e. The number of primary amides is 1. The Bertz CT molecular complexity index is 755. The van der Waals surface area contributed by atoms with E-state index in [-0.39, 0.29) is 24.4 Å². The fraction of sp³-hybridized carbons (Fsp3) is 0.250. The Morgan fingerprint density at radius 2 is 1.92 bits per heavy atom. The lowest BCUT2D eigenvalue weighted by Gasteiger charge is -2.18. The number of hydrogen-bond acceptors (Lipinski definition) is 4. The van der Waals surface area contributed by atoms with E-state index >= 15 is 0 Å². The second-order valence-electron chi connectivity index (χ2n) is 5.05. The number of nitrogens with zero attached hydrogens (tertiary/aromatic N) is 3. The van der Waals surface area contributed by atoms with Crippen molar-refractivity contribution in [3.05, 3.63) is 47.8 Å². The van der Waals surface area contributed by atoms with Crippen molar-refractivity contribution >= 4 is 17.8 Å². The quantitative estimate of drug-likeness (QED) is 0.782. The zero-order valence-corrected chi connectivity index (χ0v) is 13.2. The third-order valence-electron chi connectivity index (χ3n) is 3.45. The van der Waals surface area contributed by atoms with Crippen LogP contribution in [-0.4, -0.2) is 50.7 Å². The van der Waals surface area contributed by atoms with E-state index in [1.807, 2.05) is 6.07 Å². The van der Waals surface area contributed by atoms with Gasteiger partial charge in [0.1, 0.15) is 5.69 Å². The summed E-state index contributed by atoms with van der Waals surface area (Å²) in [4.78, 5) is 36.2. The van der Waals surface area contributed by atoms with Crippen molar-refractivity contribution in [1.82, 2.24) is 14.7 Å². The molecule has 1 heterocycles. The van der Waals surface area contributed by atoms with E-state index in [0.29, 0.717) is 12.2 Å². The molecule has 0 radical (unpaired) electrons. The average molecular weight is 330 g/mol. The molecule has 0 unspecified atom stereocenters. The van der Waals surface area contributed by atoms with Crippen molar-refractivity contribution in [3.8, 4) is 5.69 Å². The highest BCUT2D eigenvalue weighted by Crippen LogP contribution is 2.14. The SMILES string of the molecule is CCN(CCC(=O)O)C(=O)c1cc(C(N)=O)n(-c2ccccc2)n1. The van der Waals surface area contributed by atoms with Crippen LogP contribution >= 0.6 is 0 Å². The van der Waals surface area contributed by atoms with Crippen LogP contribution in [0.4, 0.5) is 0 Å². The van der Waals surface area contributed by atoms with E-state index in [9.17, 15) is 14.4 Å². The van der Waals surface area contributed by atoms with Gasteiger partial charge in [0.25, 0.3) is 11.8 Å². The number of rotatable bonds is 7. The minimum atomic E-state index is -0.992. The maximum atomic E-state index is 12.5. The highest BCUT2D eigenvalue weighted by atomic mass is 16.4. The lowest BCUT2D eigenvalue weighted by Crippen LogP contribution is -2.33. The average Bonchev–Trinajstić information content (AvgIpc) is 3.01. The number of carbonyl (C=O) groups is 3. The molecular weight excluding hydrogens is 312 g/mol. The summed E-state index contributed by atoms with van der Waals surface area (Å²) in [5.41, 5.74) is 6.09. The summed E-state index contributed by atoms with van der Waals surface area (Å²) in [6.45, 7) is 2.13. The van der Waals surface area contributed by atoms with Crippen LogP contribution in [0.3, 0.4) is 0 Å². The molecule has 0 aliphatic carbocycles. The van der Waals surface area contributed by atoms with Crippen LogP contribution < -0.4 is 5.73 Å². The Morgan fingerprint density at radius 3 is 2.46 bits per heavy atom. The summed E-state index contributed by atoms with van der Waals surface area (Å²) >= 11 is 0. The van der Waals surface area contributed by atoms with Crippen LogP contribution in [0.15, 0.2) is 36.4 Å². The van der Waals surface area contributed by atoms with Gasteiger partial charge in [-0.3, -0.25) is 14.4 Å². The van der Waals surface area contributed by atoms with Crippen molar-refractivity contribution < 1.29 is 19.5 Å². The second kappa shape index (κ2) is 7.40. The van der Waals surface area contributed by atoms with Crippen LogP contribution in [0, 0.1) is 0 Å². The van der Waals surface area contributed by atoms with E-state index in [1.165, 1.54) is 15.6 Å². The van der Waals surface area contributed by atoms with Gasteiger partial charge in [0.05, 0.1) is 12.1 Å². The number of carboxylic acids is 1. The molecule has 1 aromatic carbocycles. The Labute approximate surface area is 138 Å². The molecule has 0 aliphatic heterocycles. The smallest absolute Gasteiger partial charge is 0.305 e. The molecule has 8 heteroatoms. The molecule has 0 bridgehead atoms. The molecule has 1 aromatic heterocycles. The van der Waals surface area contributed by atoms with Crippen molar-refractivity contribution in [2.45, 2.75) is 13.3 Å². The molecule has 8 nitrogen and oxygen atoms in total. The van der Waals surface area contributed by atoms with Crippen LogP contribution in [-0.2, 0) is 4.79 Å². The van der Waals surface area contributed by atoms with Crippen LogP contribution in [0.5, 0.6) is 0 Å². The molecule has 2 aromatic rings. The lowest BCUT2D eigenvalue weighted by molar-refractivity contribution is -0.137. The number of nitrogens with two attached hydrogens (primary N) is 1. The van der Waals surface area contributed by atoms with Gasteiger partial charge in [-0.05, 0) is 19.1 Å². The summed E-state index contributed by atoms with van der Waals surface area (Å²) in [5, 5.41) is 12.9. The van der Waals surface area contributed by atoms with Gasteiger partial charge in [-0.25, -0.2) is 4.68 Å². The second-order valence-corrected chi connectivity index (χ2v) is 5.05. The van der Waals surface area contributed by atoms with Crippen molar-refractivity contribution in [3.63, 3.8) is 0 Å². The molecular formula is C16H18N4O4. The summed E-state index contributed by atoms with van der Waals surface area (Å²) in [7, 11) is 0. The number of carbonyl (C=O) groups excluding carboxylic acids is 2. The fourth-order valence-corrected chi connectivity index (χ4v) is 2.22. The number of hydrogen-bond donors (Lipinski definition) is 2. The van der Waals surface area contributed by atoms with Gasteiger partial charge in [0.15, 0.2) is 5.69 Å². The molecule has 24 heavy (non-hydrogen) atoms. The molecule has 3 N–H and O–H groups in total. The predicted molar refractivity (Wildman–Crippen MR) is 85.9 cm³/mol. The number of aliphatic carboxylic acids is 1. The Morgan fingerprint density at radius 1 is 1.25 bits per heavy atom. The fourth-order valence-electron chi connectivity index (χ4n) is 2.22. The van der Waals surface area contributed by atoms with Crippen LogP contribution in [0.2, 0.25) is 0 Å². The third-order valence-corrected chi connectivity index (χ3v) is 3.45. The van der Waals surface area contributed by atoms with Gasteiger partial charge < -0.3 is 15.7 Å². The minimum Gasteiger partial charge on any atom is -0.481 e. The summed E-state index contributed by atoms with van der Waals surface area (Å²) in [6, 6.07) is 10.1. The highest BCUT2D eigenvalue weighted by molar-refractivity contribution is 5.97. The number of amides is 2. The van der Waals surface area contributed by atoms with Gasteiger partial charge >= 0.3 is 5.97 Å². The first-order valence-corrected chi connectivity index (χ1v) is 7.40. The standard InChI is InChI=1S/C16H18N4O4/c1-2-19(9-8-14(21)22)16(24)12-10-13(15(17)23)20(18-12)11-6-4-3-5-7-11/h3-7,10H,2,8-9H2,1H3,(H2,17,23)(H,21,22). The highest BCUT2D eigenvalue weighted by Gasteiger charge is 2.22. The first-order valence-electron chi connectivity index (χ1n) is 7.40. The lowest BCUT2D eigenvalue weighted by atomic mass is 10.2. The molecule has 0 spiro atoms. The van der Waals surface area contributed by atoms with Gasteiger partial charge in [-0.2, -0.15) is 5.10 Å². The van der Waals surface area contributed by atoms with E-state index in [0.717, 1.165) is 0 Å². The molecule has 126 valence electrons. The van der Waals surface area contributed by atoms with Gasteiger partial charge in [0, 0.05) is 19.2 Å².